The summed E-state index contributed by atoms with van der Waals surface area (Å²) in [5, 5.41) is 18.7. The number of carbonyl (C=O) groups is 2. The first-order valence-corrected chi connectivity index (χ1v) is 13.0. The number of aromatic amines is 1. The molecule has 0 aliphatic rings. The summed E-state index contributed by atoms with van der Waals surface area (Å²) in [6, 6.07) is 24.1. The molecule has 0 saturated carbocycles. The van der Waals surface area contributed by atoms with Gasteiger partial charge in [0, 0.05) is 46.4 Å². The predicted molar refractivity (Wildman–Crippen MR) is 153 cm³/mol. The van der Waals surface area contributed by atoms with E-state index in [4.69, 9.17) is 16.7 Å². The Balaban J connectivity index is 1.34. The number of aromatic nitrogens is 3. The van der Waals surface area contributed by atoms with Crippen LogP contribution in [0.3, 0.4) is 0 Å². The van der Waals surface area contributed by atoms with Crippen LogP contribution in [0.2, 0.25) is 5.02 Å². The van der Waals surface area contributed by atoms with Crippen LogP contribution < -0.4 is 5.32 Å². The largest absolute Gasteiger partial charge is 0.480 e. The van der Waals surface area contributed by atoms with E-state index < -0.39 is 17.9 Å². The molecule has 0 radical (unpaired) electrons. The summed E-state index contributed by atoms with van der Waals surface area (Å²) in [6.45, 7) is 0. The maximum atomic E-state index is 12.8. The van der Waals surface area contributed by atoms with E-state index in [9.17, 15) is 14.7 Å². The van der Waals surface area contributed by atoms with E-state index in [-0.39, 0.29) is 6.42 Å². The first kappa shape index (κ1) is 26.0. The van der Waals surface area contributed by atoms with E-state index in [0.29, 0.717) is 11.4 Å². The van der Waals surface area contributed by atoms with E-state index in [1.165, 1.54) is 11.6 Å². The number of para-hydroxylation sites is 1. The Hall–Kier alpha value is -4.62. The molecule has 1 atom stereocenters. The van der Waals surface area contributed by atoms with Crippen molar-refractivity contribution in [3.05, 3.63) is 125 Å². The first-order chi connectivity index (χ1) is 19.0. The van der Waals surface area contributed by atoms with Gasteiger partial charge in [-0.25, -0.2) is 9.48 Å². The number of aryl methyl sites for hydroxylation is 2. The molecule has 3 aromatic carbocycles. The second-order valence-electron chi connectivity index (χ2n) is 9.24. The first-order valence-electron chi connectivity index (χ1n) is 12.6. The number of halogens is 1. The molecule has 0 bridgehead atoms. The number of rotatable bonds is 10. The molecule has 5 aromatic rings. The molecule has 0 unspecified atom stereocenters. The summed E-state index contributed by atoms with van der Waals surface area (Å²) in [4.78, 5) is 27.9. The third-order valence-corrected chi connectivity index (χ3v) is 6.75. The molecule has 0 fully saturated rings. The van der Waals surface area contributed by atoms with Crippen LogP contribution in [0.5, 0.6) is 0 Å². The predicted octanol–water partition coefficient (Wildman–Crippen LogP) is 5.62. The SMILES string of the molecule is O=C(C=Cc1cn(-c2cccc(Cl)c2)nc1CCc1ccccc1)N[C@@H](Cc1c[nH]c2ccccc12)C(=O)O. The van der Waals surface area contributed by atoms with Crippen LogP contribution in [-0.2, 0) is 28.9 Å². The molecule has 0 aliphatic heterocycles. The van der Waals surface area contributed by atoms with Crippen molar-refractivity contribution < 1.29 is 14.7 Å². The van der Waals surface area contributed by atoms with Gasteiger partial charge in [0.05, 0.1) is 11.4 Å². The average Bonchev–Trinajstić information content (AvgIpc) is 3.55. The highest BCUT2D eigenvalue weighted by Gasteiger charge is 2.21. The van der Waals surface area contributed by atoms with Crippen LogP contribution in [0.15, 0.2) is 97.3 Å². The lowest BCUT2D eigenvalue weighted by Gasteiger charge is -2.12. The van der Waals surface area contributed by atoms with Crippen molar-refractivity contribution in [1.29, 1.82) is 0 Å². The highest BCUT2D eigenvalue weighted by molar-refractivity contribution is 6.30. The Morgan fingerprint density at radius 1 is 1.03 bits per heavy atom. The highest BCUT2D eigenvalue weighted by atomic mass is 35.5. The fraction of sp³-hybridized carbons (Fsp3) is 0.129. The van der Waals surface area contributed by atoms with E-state index in [2.05, 4.69) is 22.4 Å². The number of amides is 1. The smallest absolute Gasteiger partial charge is 0.326 e. The van der Waals surface area contributed by atoms with Crippen LogP contribution in [0, 0.1) is 0 Å². The maximum absolute atomic E-state index is 12.8. The third-order valence-electron chi connectivity index (χ3n) is 6.52. The van der Waals surface area contributed by atoms with Crippen molar-refractivity contribution in [2.24, 2.45) is 0 Å². The van der Waals surface area contributed by atoms with Gasteiger partial charge >= 0.3 is 5.97 Å². The summed E-state index contributed by atoms with van der Waals surface area (Å²) >= 11 is 6.18. The van der Waals surface area contributed by atoms with Crippen molar-refractivity contribution in [3.63, 3.8) is 0 Å². The van der Waals surface area contributed by atoms with Gasteiger partial charge < -0.3 is 15.4 Å². The number of H-pyrrole nitrogens is 1. The monoisotopic (exact) mass is 538 g/mol. The second kappa shape index (κ2) is 11.8. The van der Waals surface area contributed by atoms with Crippen molar-refractivity contribution in [2.45, 2.75) is 25.3 Å². The number of nitrogens with one attached hydrogen (secondary N) is 2. The maximum Gasteiger partial charge on any atom is 0.326 e. The van der Waals surface area contributed by atoms with Gasteiger partial charge in [-0.3, -0.25) is 4.79 Å². The topological polar surface area (TPSA) is 100 Å². The summed E-state index contributed by atoms with van der Waals surface area (Å²) in [6.07, 6.45) is 8.27. The average molecular weight is 539 g/mol. The summed E-state index contributed by atoms with van der Waals surface area (Å²) < 4.78 is 1.74. The van der Waals surface area contributed by atoms with E-state index in [1.54, 1.807) is 23.0 Å². The second-order valence-corrected chi connectivity index (χ2v) is 9.67. The zero-order chi connectivity index (χ0) is 27.2. The van der Waals surface area contributed by atoms with Crippen molar-refractivity contribution in [2.75, 3.05) is 0 Å². The molecule has 0 saturated heterocycles. The minimum Gasteiger partial charge on any atom is -0.480 e. The normalized spacial score (nSPS) is 12.1. The van der Waals surface area contributed by atoms with Gasteiger partial charge in [0.1, 0.15) is 6.04 Å². The Morgan fingerprint density at radius 3 is 2.62 bits per heavy atom. The molecule has 1 amide bonds. The Labute approximate surface area is 230 Å². The molecule has 2 aromatic heterocycles. The summed E-state index contributed by atoms with van der Waals surface area (Å²) in [5.74, 6) is -1.59. The van der Waals surface area contributed by atoms with E-state index in [0.717, 1.165) is 39.8 Å². The molecule has 2 heterocycles. The van der Waals surface area contributed by atoms with E-state index in [1.807, 2.05) is 66.9 Å². The van der Waals surface area contributed by atoms with E-state index >= 15 is 0 Å². The zero-order valence-corrected chi connectivity index (χ0v) is 21.8. The fourth-order valence-electron chi connectivity index (χ4n) is 4.52. The quantitative estimate of drug-likeness (QED) is 0.201. The van der Waals surface area contributed by atoms with Gasteiger partial charge in [0.2, 0.25) is 5.91 Å². The van der Waals surface area contributed by atoms with Crippen LogP contribution >= 0.6 is 11.6 Å². The number of hydrogen-bond acceptors (Lipinski definition) is 3. The van der Waals surface area contributed by atoms with Gasteiger partial charge in [0.15, 0.2) is 0 Å². The fourth-order valence-corrected chi connectivity index (χ4v) is 4.71. The number of aliphatic carboxylic acids is 1. The summed E-state index contributed by atoms with van der Waals surface area (Å²) in [5.41, 5.74) is 5.32. The molecule has 3 N–H and O–H groups in total. The lowest BCUT2D eigenvalue weighted by molar-refractivity contribution is -0.141. The van der Waals surface area contributed by atoms with Gasteiger partial charge in [-0.1, -0.05) is 66.2 Å². The van der Waals surface area contributed by atoms with Crippen LogP contribution in [0.4, 0.5) is 0 Å². The summed E-state index contributed by atoms with van der Waals surface area (Å²) in [7, 11) is 0. The molecule has 7 nitrogen and oxygen atoms in total. The number of benzene rings is 3. The molecule has 196 valence electrons. The molecule has 39 heavy (non-hydrogen) atoms. The van der Waals surface area contributed by atoms with Crippen molar-refractivity contribution in [3.8, 4) is 5.69 Å². The number of fused-ring (bicyclic) bond motifs is 1. The standard InChI is InChI=1S/C31H27ClN4O3/c32-24-9-6-10-25(18-24)36-20-22(27(35-36)15-13-21-7-2-1-3-8-21)14-16-30(37)34-29(31(38)39)17-23-19-33-28-12-5-4-11-26(23)28/h1-12,14,16,18-20,29,33H,13,15,17H2,(H,34,37)(H,38,39)/t29-/m0/s1. The van der Waals surface area contributed by atoms with Crippen LogP contribution in [0.1, 0.15) is 22.4 Å². The van der Waals surface area contributed by atoms with Gasteiger partial charge in [-0.2, -0.15) is 5.10 Å². The molecular weight excluding hydrogens is 512 g/mol. The van der Waals surface area contributed by atoms with Gasteiger partial charge in [-0.15, -0.1) is 0 Å². The zero-order valence-electron chi connectivity index (χ0n) is 21.0. The molecule has 8 heteroatoms. The van der Waals surface area contributed by atoms with Crippen LogP contribution in [-0.4, -0.2) is 37.8 Å². The number of carboxylic acid groups (broad SMARTS) is 1. The Kier molecular flexibility index (Phi) is 7.89. The molecule has 0 spiro atoms. The molecule has 0 aliphatic carbocycles. The minimum atomic E-state index is -1.10. The number of hydrogen-bond donors (Lipinski definition) is 3. The molecular formula is C31H27ClN4O3. The third kappa shape index (κ3) is 6.45. The Morgan fingerprint density at radius 2 is 1.82 bits per heavy atom. The number of nitrogens with zero attached hydrogens (tertiary/aromatic N) is 2. The Bertz CT molecular complexity index is 1640. The van der Waals surface area contributed by atoms with Crippen molar-refractivity contribution >= 4 is 40.5 Å². The highest BCUT2D eigenvalue weighted by Crippen LogP contribution is 2.21. The number of carboxylic acids is 1. The lowest BCUT2D eigenvalue weighted by atomic mass is 10.0. The van der Waals surface area contributed by atoms with Gasteiger partial charge in [-0.05, 0) is 54.3 Å². The van der Waals surface area contributed by atoms with Crippen molar-refractivity contribution in [1.82, 2.24) is 20.1 Å². The minimum absolute atomic E-state index is 0.161. The number of carbonyl (C=O) groups excluding carboxylic acids is 1. The van der Waals surface area contributed by atoms with Crippen LogP contribution in [0.25, 0.3) is 22.7 Å². The lowest BCUT2D eigenvalue weighted by Crippen LogP contribution is -2.41. The van der Waals surface area contributed by atoms with Gasteiger partial charge in [0.25, 0.3) is 0 Å². The molecule has 5 rings (SSSR count).